The van der Waals surface area contributed by atoms with Gasteiger partial charge in [0.05, 0.1) is 25.2 Å². The highest BCUT2D eigenvalue weighted by molar-refractivity contribution is 6.24. The zero-order chi connectivity index (χ0) is 24.9. The molecule has 36 heavy (non-hydrogen) atoms. The van der Waals surface area contributed by atoms with Crippen molar-refractivity contribution >= 4 is 28.7 Å². The maximum Gasteiger partial charge on any atom is 0.335 e. The highest BCUT2D eigenvalue weighted by Gasteiger charge is 2.60. The van der Waals surface area contributed by atoms with Crippen LogP contribution in [0.1, 0.15) is 22.3 Å². The van der Waals surface area contributed by atoms with E-state index in [-0.39, 0.29) is 0 Å². The molecule has 0 saturated carbocycles. The van der Waals surface area contributed by atoms with Gasteiger partial charge in [0, 0.05) is 0 Å². The third-order valence-electron chi connectivity index (χ3n) is 7.46. The summed E-state index contributed by atoms with van der Waals surface area (Å²) in [6, 6.07) is 28.2. The molecule has 0 unspecified atom stereocenters. The first-order chi connectivity index (χ1) is 17.6. The van der Waals surface area contributed by atoms with Crippen molar-refractivity contribution in [1.82, 2.24) is 0 Å². The predicted octanol–water partition coefficient (Wildman–Crippen LogP) is 5.77. The SMILES string of the molecule is COC(=O)C1=C2C3=C(C(c4ccccc4)=CC=C[C@@]3(c3ccccc3)[C@H]1C(=O)OC)c1ccccc12. The standard InChI is InChI=1S/C32H24O4/c1-35-30(33)27-26-24-17-10-9-16-23(24)25-22(20-12-5-3-6-13-20)18-11-19-32(28(25)26,29(27)31(34)36-2)21-14-7-4-8-15-21/h3-19,29H,1-2H3/t29-,32+/m1/s1. The van der Waals surface area contributed by atoms with E-state index in [1.54, 1.807) is 0 Å². The van der Waals surface area contributed by atoms with E-state index in [1.165, 1.54) is 14.2 Å². The fraction of sp³-hybridized carbons (Fsp3) is 0.125. The molecule has 176 valence electrons. The Hall–Kier alpha value is -4.44. The topological polar surface area (TPSA) is 52.6 Å². The second kappa shape index (κ2) is 8.35. The molecule has 3 aromatic rings. The van der Waals surface area contributed by atoms with Crippen LogP contribution in [-0.4, -0.2) is 26.2 Å². The number of methoxy groups -OCH3 is 2. The monoisotopic (exact) mass is 472 g/mol. The van der Waals surface area contributed by atoms with Crippen LogP contribution in [0.2, 0.25) is 0 Å². The molecule has 2 atom stereocenters. The Labute approximate surface area is 209 Å². The highest BCUT2D eigenvalue weighted by Crippen LogP contribution is 2.65. The Balaban J connectivity index is 1.81. The number of allylic oxidation sites excluding steroid dienone is 7. The lowest BCUT2D eigenvalue weighted by molar-refractivity contribution is -0.148. The van der Waals surface area contributed by atoms with Crippen LogP contribution in [0.3, 0.4) is 0 Å². The van der Waals surface area contributed by atoms with Crippen molar-refractivity contribution in [2.75, 3.05) is 14.2 Å². The van der Waals surface area contributed by atoms with Gasteiger partial charge in [-0.3, -0.25) is 4.79 Å². The zero-order valence-corrected chi connectivity index (χ0v) is 20.0. The lowest BCUT2D eigenvalue weighted by Gasteiger charge is -2.35. The van der Waals surface area contributed by atoms with Gasteiger partial charge in [-0.25, -0.2) is 4.79 Å². The minimum absolute atomic E-state index is 0.338. The number of benzene rings is 3. The molecule has 0 heterocycles. The molecule has 0 aliphatic heterocycles. The first-order valence-corrected chi connectivity index (χ1v) is 11.9. The van der Waals surface area contributed by atoms with Crippen molar-refractivity contribution < 1.29 is 19.1 Å². The molecule has 0 fully saturated rings. The van der Waals surface area contributed by atoms with E-state index in [0.29, 0.717) is 5.57 Å². The number of carbonyl (C=O) groups excluding carboxylic acids is 2. The summed E-state index contributed by atoms with van der Waals surface area (Å²) < 4.78 is 10.6. The first kappa shape index (κ1) is 22.1. The van der Waals surface area contributed by atoms with E-state index < -0.39 is 23.3 Å². The first-order valence-electron chi connectivity index (χ1n) is 11.9. The molecule has 4 nitrogen and oxygen atoms in total. The minimum Gasteiger partial charge on any atom is -0.469 e. The lowest BCUT2D eigenvalue weighted by Crippen LogP contribution is -2.39. The van der Waals surface area contributed by atoms with E-state index in [2.05, 4.69) is 30.4 Å². The Morgan fingerprint density at radius 3 is 2.00 bits per heavy atom. The van der Waals surface area contributed by atoms with Crippen molar-refractivity contribution in [1.29, 1.82) is 0 Å². The maximum atomic E-state index is 13.6. The fourth-order valence-electron chi connectivity index (χ4n) is 6.09. The molecular weight excluding hydrogens is 448 g/mol. The number of hydrogen-bond donors (Lipinski definition) is 0. The Morgan fingerprint density at radius 1 is 0.750 bits per heavy atom. The van der Waals surface area contributed by atoms with Gasteiger partial charge >= 0.3 is 11.9 Å². The van der Waals surface area contributed by atoms with Crippen LogP contribution in [0.4, 0.5) is 0 Å². The van der Waals surface area contributed by atoms with E-state index in [9.17, 15) is 9.59 Å². The second-order valence-electron chi connectivity index (χ2n) is 9.07. The average molecular weight is 473 g/mol. The third kappa shape index (κ3) is 2.88. The molecule has 0 aromatic heterocycles. The number of hydrogen-bond acceptors (Lipinski definition) is 4. The number of rotatable bonds is 4. The number of ether oxygens (including phenoxy) is 2. The number of carbonyl (C=O) groups is 2. The fourth-order valence-corrected chi connectivity index (χ4v) is 6.09. The Morgan fingerprint density at radius 2 is 1.36 bits per heavy atom. The molecular formula is C32H24O4. The van der Waals surface area contributed by atoms with E-state index in [1.807, 2.05) is 72.8 Å². The molecule has 4 heteroatoms. The summed E-state index contributed by atoms with van der Waals surface area (Å²) in [5.41, 5.74) is 7.08. The van der Waals surface area contributed by atoms with Crippen LogP contribution in [0, 0.1) is 5.92 Å². The van der Waals surface area contributed by atoms with Crippen LogP contribution in [-0.2, 0) is 24.5 Å². The maximum absolute atomic E-state index is 13.6. The van der Waals surface area contributed by atoms with Crippen LogP contribution >= 0.6 is 0 Å². The summed E-state index contributed by atoms with van der Waals surface area (Å²) in [5, 5.41) is 0. The molecule has 3 aliphatic carbocycles. The van der Waals surface area contributed by atoms with Gasteiger partial charge in [-0.1, -0.05) is 103 Å². The van der Waals surface area contributed by atoms with Gasteiger partial charge in [-0.2, -0.15) is 0 Å². The van der Waals surface area contributed by atoms with Crippen LogP contribution in [0.15, 0.2) is 114 Å². The van der Waals surface area contributed by atoms with Gasteiger partial charge in [0.2, 0.25) is 0 Å². The minimum atomic E-state index is -0.950. The Kier molecular flexibility index (Phi) is 5.11. The van der Waals surface area contributed by atoms with Gasteiger partial charge in [0.1, 0.15) is 5.92 Å². The molecule has 0 bridgehead atoms. The lowest BCUT2D eigenvalue weighted by atomic mass is 9.66. The summed E-state index contributed by atoms with van der Waals surface area (Å²) in [5.74, 6) is -1.89. The molecule has 0 amide bonds. The summed E-state index contributed by atoms with van der Waals surface area (Å²) >= 11 is 0. The van der Waals surface area contributed by atoms with E-state index in [0.717, 1.165) is 44.5 Å². The largest absolute Gasteiger partial charge is 0.469 e. The van der Waals surface area contributed by atoms with Gasteiger partial charge in [0.25, 0.3) is 0 Å². The summed E-state index contributed by atoms with van der Waals surface area (Å²) in [6.45, 7) is 0. The summed E-state index contributed by atoms with van der Waals surface area (Å²) in [6.07, 6.45) is 6.16. The predicted molar refractivity (Wildman–Crippen MR) is 139 cm³/mol. The second-order valence-corrected chi connectivity index (χ2v) is 9.07. The van der Waals surface area contributed by atoms with E-state index in [4.69, 9.17) is 9.47 Å². The van der Waals surface area contributed by atoms with Crippen molar-refractivity contribution in [2.45, 2.75) is 5.41 Å². The van der Waals surface area contributed by atoms with Gasteiger partial charge in [0.15, 0.2) is 0 Å². The smallest absolute Gasteiger partial charge is 0.335 e. The van der Waals surface area contributed by atoms with Crippen LogP contribution in [0.5, 0.6) is 0 Å². The van der Waals surface area contributed by atoms with Crippen molar-refractivity contribution in [2.24, 2.45) is 5.92 Å². The number of esters is 2. The van der Waals surface area contributed by atoms with Crippen molar-refractivity contribution in [3.05, 3.63) is 137 Å². The third-order valence-corrected chi connectivity index (χ3v) is 7.46. The summed E-state index contributed by atoms with van der Waals surface area (Å²) in [4.78, 5) is 27.0. The van der Waals surface area contributed by atoms with Crippen LogP contribution < -0.4 is 0 Å². The van der Waals surface area contributed by atoms with Crippen LogP contribution in [0.25, 0.3) is 16.7 Å². The van der Waals surface area contributed by atoms with Crippen molar-refractivity contribution in [3.8, 4) is 0 Å². The molecule has 3 aromatic carbocycles. The molecule has 6 rings (SSSR count). The molecule has 0 radical (unpaired) electrons. The zero-order valence-electron chi connectivity index (χ0n) is 20.0. The van der Waals surface area contributed by atoms with Gasteiger partial charge < -0.3 is 9.47 Å². The summed E-state index contributed by atoms with van der Waals surface area (Å²) in [7, 11) is 2.72. The quantitative estimate of drug-likeness (QED) is 0.452. The molecule has 3 aliphatic rings. The molecule has 0 N–H and O–H groups in total. The van der Waals surface area contributed by atoms with E-state index >= 15 is 0 Å². The van der Waals surface area contributed by atoms with Crippen molar-refractivity contribution in [3.63, 3.8) is 0 Å². The highest BCUT2D eigenvalue weighted by atomic mass is 16.5. The normalized spacial score (nSPS) is 21.5. The average Bonchev–Trinajstić information content (AvgIpc) is 3.35. The van der Waals surface area contributed by atoms with Gasteiger partial charge in [-0.05, 0) is 44.5 Å². The number of fused-ring (bicyclic) bond motifs is 3. The molecule has 0 saturated heterocycles. The van der Waals surface area contributed by atoms with Gasteiger partial charge in [-0.15, -0.1) is 0 Å². The Bertz CT molecular complexity index is 1520. The molecule has 0 spiro atoms.